The van der Waals surface area contributed by atoms with Crippen molar-refractivity contribution in [3.63, 3.8) is 0 Å². The van der Waals surface area contributed by atoms with Gasteiger partial charge in [0.1, 0.15) is 5.82 Å². The van der Waals surface area contributed by atoms with Gasteiger partial charge in [0.15, 0.2) is 5.96 Å². The number of guanidine groups is 1. The van der Waals surface area contributed by atoms with Crippen molar-refractivity contribution in [1.82, 2.24) is 25.0 Å². The summed E-state index contributed by atoms with van der Waals surface area (Å²) in [4.78, 5) is 16.9. The van der Waals surface area contributed by atoms with Crippen molar-refractivity contribution in [2.75, 3.05) is 19.6 Å². The third-order valence-corrected chi connectivity index (χ3v) is 5.16. The van der Waals surface area contributed by atoms with Crippen LogP contribution in [0.15, 0.2) is 34.1 Å². The van der Waals surface area contributed by atoms with Crippen LogP contribution < -0.4 is 16.3 Å². The second-order valence-electron chi connectivity index (χ2n) is 7.52. The topological polar surface area (TPSA) is 76.2 Å². The van der Waals surface area contributed by atoms with E-state index in [0.29, 0.717) is 45.0 Å². The van der Waals surface area contributed by atoms with Crippen molar-refractivity contribution in [3.8, 4) is 0 Å². The zero-order valence-electron chi connectivity index (χ0n) is 17.7. The first-order chi connectivity index (χ1) is 14.9. The zero-order chi connectivity index (χ0) is 22.3. The molecule has 2 N–H and O–H groups in total. The van der Waals surface area contributed by atoms with Crippen molar-refractivity contribution in [3.05, 3.63) is 51.7 Å². The Labute approximate surface area is 179 Å². The SMILES string of the molecule is CCNC(=NCCCn1nc2n(c1=O)CCCC2)NCCc1ccc(C(F)(F)F)cc1. The molecule has 1 aliphatic rings. The first-order valence-electron chi connectivity index (χ1n) is 10.7. The molecule has 0 bridgehead atoms. The number of halogens is 3. The number of aryl methyl sites for hydroxylation is 2. The number of hydrogen-bond acceptors (Lipinski definition) is 3. The number of rotatable bonds is 8. The minimum atomic E-state index is -4.32. The standard InChI is InChI=1S/C21H29F3N6O/c1-2-25-19(27-13-11-16-7-9-17(10-8-16)21(22,23)24)26-12-5-15-30-20(31)29-14-4-3-6-18(29)28-30/h7-10H,2-6,11-15H2,1H3,(H2,25,26,27). The third-order valence-electron chi connectivity index (χ3n) is 5.16. The number of nitrogens with one attached hydrogen (secondary N) is 2. The maximum Gasteiger partial charge on any atom is 0.416 e. The first kappa shape index (κ1) is 22.9. The van der Waals surface area contributed by atoms with Crippen LogP contribution in [-0.2, 0) is 32.1 Å². The van der Waals surface area contributed by atoms with Crippen LogP contribution in [0.2, 0.25) is 0 Å². The molecule has 3 rings (SSSR count). The van der Waals surface area contributed by atoms with E-state index in [1.807, 2.05) is 6.92 Å². The Balaban J connectivity index is 1.46. The monoisotopic (exact) mass is 438 g/mol. The lowest BCUT2D eigenvalue weighted by molar-refractivity contribution is -0.137. The van der Waals surface area contributed by atoms with E-state index in [0.717, 1.165) is 49.3 Å². The van der Waals surface area contributed by atoms with Gasteiger partial charge in [0.25, 0.3) is 0 Å². The molecular formula is C21H29F3N6O. The van der Waals surface area contributed by atoms with Crippen LogP contribution in [0, 0.1) is 0 Å². The molecule has 0 spiro atoms. The molecule has 1 aromatic heterocycles. The van der Waals surface area contributed by atoms with Crippen molar-refractivity contribution in [1.29, 1.82) is 0 Å². The molecule has 0 radical (unpaired) electrons. The van der Waals surface area contributed by atoms with E-state index < -0.39 is 11.7 Å². The van der Waals surface area contributed by atoms with Gasteiger partial charge in [0.05, 0.1) is 5.56 Å². The highest BCUT2D eigenvalue weighted by Gasteiger charge is 2.29. The molecule has 2 heterocycles. The quantitative estimate of drug-likeness (QED) is 0.377. The number of aliphatic imine (C=N–C) groups is 1. The average Bonchev–Trinajstić information content (AvgIpc) is 3.07. The summed E-state index contributed by atoms with van der Waals surface area (Å²) in [6.07, 6.45) is -0.0987. The predicted octanol–water partition coefficient (Wildman–Crippen LogP) is 2.59. The van der Waals surface area contributed by atoms with Crippen LogP contribution in [0.25, 0.3) is 0 Å². The van der Waals surface area contributed by atoms with Gasteiger partial charge in [-0.25, -0.2) is 9.48 Å². The highest BCUT2D eigenvalue weighted by molar-refractivity contribution is 5.79. The van der Waals surface area contributed by atoms with Crippen LogP contribution >= 0.6 is 0 Å². The maximum atomic E-state index is 12.6. The van der Waals surface area contributed by atoms with Gasteiger partial charge in [-0.2, -0.15) is 18.3 Å². The van der Waals surface area contributed by atoms with Gasteiger partial charge in [-0.15, -0.1) is 0 Å². The van der Waals surface area contributed by atoms with Crippen LogP contribution in [0.3, 0.4) is 0 Å². The fourth-order valence-corrected chi connectivity index (χ4v) is 3.53. The van der Waals surface area contributed by atoms with Crippen molar-refractivity contribution >= 4 is 5.96 Å². The lowest BCUT2D eigenvalue weighted by Gasteiger charge is -2.12. The summed E-state index contributed by atoms with van der Waals surface area (Å²) >= 11 is 0. The van der Waals surface area contributed by atoms with Crippen LogP contribution in [-0.4, -0.2) is 39.9 Å². The van der Waals surface area contributed by atoms with E-state index in [4.69, 9.17) is 0 Å². The van der Waals surface area contributed by atoms with E-state index in [9.17, 15) is 18.0 Å². The number of nitrogens with zero attached hydrogens (tertiary/aromatic N) is 4. The molecule has 1 aromatic carbocycles. The molecule has 1 aliphatic heterocycles. The minimum Gasteiger partial charge on any atom is -0.357 e. The Bertz CT molecular complexity index is 930. The fourth-order valence-electron chi connectivity index (χ4n) is 3.53. The second kappa shape index (κ2) is 10.5. The molecule has 0 unspecified atom stereocenters. The number of benzene rings is 1. The summed E-state index contributed by atoms with van der Waals surface area (Å²) in [6, 6.07) is 5.20. The Morgan fingerprint density at radius 2 is 1.97 bits per heavy atom. The van der Waals surface area contributed by atoms with Crippen LogP contribution in [0.1, 0.15) is 43.1 Å². The summed E-state index contributed by atoms with van der Waals surface area (Å²) in [5.74, 6) is 1.52. The molecule has 0 amide bonds. The second-order valence-corrected chi connectivity index (χ2v) is 7.52. The Hall–Kier alpha value is -2.78. The molecule has 0 fully saturated rings. The van der Waals surface area contributed by atoms with E-state index >= 15 is 0 Å². The molecule has 0 saturated heterocycles. The average molecular weight is 438 g/mol. The molecule has 2 aromatic rings. The molecule has 10 heteroatoms. The summed E-state index contributed by atoms with van der Waals surface area (Å²) in [7, 11) is 0. The van der Waals surface area contributed by atoms with Crippen molar-refractivity contribution < 1.29 is 13.2 Å². The van der Waals surface area contributed by atoms with Crippen LogP contribution in [0.5, 0.6) is 0 Å². The Morgan fingerprint density at radius 3 is 2.65 bits per heavy atom. The van der Waals surface area contributed by atoms with Gasteiger partial charge < -0.3 is 10.6 Å². The summed E-state index contributed by atoms with van der Waals surface area (Å²) in [6.45, 7) is 5.00. The van der Waals surface area contributed by atoms with Crippen molar-refractivity contribution in [2.24, 2.45) is 4.99 Å². The predicted molar refractivity (Wildman–Crippen MR) is 113 cm³/mol. The van der Waals surface area contributed by atoms with Crippen molar-refractivity contribution in [2.45, 2.75) is 58.3 Å². The Kier molecular flexibility index (Phi) is 7.75. The minimum absolute atomic E-state index is 0.0414. The van der Waals surface area contributed by atoms with Gasteiger partial charge >= 0.3 is 11.9 Å². The number of fused-ring (bicyclic) bond motifs is 1. The van der Waals surface area contributed by atoms with Gasteiger partial charge in [-0.05, 0) is 50.3 Å². The first-order valence-corrected chi connectivity index (χ1v) is 10.7. The van der Waals surface area contributed by atoms with Gasteiger partial charge in [-0.3, -0.25) is 9.56 Å². The van der Waals surface area contributed by atoms with E-state index in [1.54, 1.807) is 4.57 Å². The molecule has 7 nitrogen and oxygen atoms in total. The van der Waals surface area contributed by atoms with Gasteiger partial charge in [0.2, 0.25) is 0 Å². The lowest BCUT2D eigenvalue weighted by atomic mass is 10.1. The summed E-state index contributed by atoms with van der Waals surface area (Å²) < 4.78 is 41.2. The lowest BCUT2D eigenvalue weighted by Crippen LogP contribution is -2.38. The number of alkyl halides is 3. The highest BCUT2D eigenvalue weighted by Crippen LogP contribution is 2.29. The molecule has 170 valence electrons. The smallest absolute Gasteiger partial charge is 0.357 e. The number of hydrogen-bond donors (Lipinski definition) is 2. The van der Waals surface area contributed by atoms with Gasteiger partial charge in [0, 0.05) is 39.1 Å². The number of aromatic nitrogens is 3. The fraction of sp³-hybridized carbons (Fsp3) is 0.571. The Morgan fingerprint density at radius 1 is 1.19 bits per heavy atom. The van der Waals surface area contributed by atoms with E-state index in [2.05, 4.69) is 20.7 Å². The normalized spacial score (nSPS) is 14.4. The zero-order valence-corrected chi connectivity index (χ0v) is 17.7. The largest absolute Gasteiger partial charge is 0.416 e. The summed E-state index contributed by atoms with van der Waals surface area (Å²) in [5, 5.41) is 10.8. The molecular weight excluding hydrogens is 409 g/mol. The van der Waals surface area contributed by atoms with Crippen LogP contribution in [0.4, 0.5) is 13.2 Å². The third kappa shape index (κ3) is 6.35. The van der Waals surface area contributed by atoms with Gasteiger partial charge in [-0.1, -0.05) is 12.1 Å². The molecule has 0 saturated carbocycles. The van der Waals surface area contributed by atoms with E-state index in [1.165, 1.54) is 16.8 Å². The maximum absolute atomic E-state index is 12.6. The summed E-state index contributed by atoms with van der Waals surface area (Å²) in [5.41, 5.74) is 0.136. The van der Waals surface area contributed by atoms with E-state index in [-0.39, 0.29) is 5.69 Å². The highest BCUT2D eigenvalue weighted by atomic mass is 19.4. The molecule has 31 heavy (non-hydrogen) atoms. The molecule has 0 atom stereocenters. The molecule has 0 aliphatic carbocycles.